The smallest absolute Gasteiger partial charge is 0.307 e. The molecule has 1 fully saturated rings. The maximum Gasteiger partial charge on any atom is 0.307 e. The highest BCUT2D eigenvalue weighted by Crippen LogP contribution is 2.19. The van der Waals surface area contributed by atoms with Crippen molar-refractivity contribution in [1.29, 1.82) is 0 Å². The zero-order valence-corrected chi connectivity index (χ0v) is 17.8. The monoisotopic (exact) mass is 410 g/mol. The van der Waals surface area contributed by atoms with Crippen LogP contribution in [0.2, 0.25) is 0 Å². The first kappa shape index (κ1) is 21.9. The molecular weight excluding hydrogens is 380 g/mol. The lowest BCUT2D eigenvalue weighted by molar-refractivity contribution is -0.143. The van der Waals surface area contributed by atoms with Gasteiger partial charge in [-0.1, -0.05) is 37.3 Å². The summed E-state index contributed by atoms with van der Waals surface area (Å²) in [5.74, 6) is 0.143. The Morgan fingerprint density at radius 3 is 2.57 bits per heavy atom. The van der Waals surface area contributed by atoms with Crippen molar-refractivity contribution in [2.45, 2.75) is 39.2 Å². The van der Waals surface area contributed by atoms with E-state index >= 15 is 0 Å². The molecule has 7 nitrogen and oxygen atoms in total. The van der Waals surface area contributed by atoms with Gasteiger partial charge in [-0.2, -0.15) is 0 Å². The molecule has 1 amide bonds. The molecule has 160 valence electrons. The van der Waals surface area contributed by atoms with Gasteiger partial charge in [-0.05, 0) is 32.9 Å². The Morgan fingerprint density at radius 2 is 1.90 bits per heavy atom. The molecule has 0 radical (unpaired) electrons. The number of likely N-dealkylation sites (tertiary alicyclic amines) is 1. The van der Waals surface area contributed by atoms with Crippen LogP contribution in [0.3, 0.4) is 0 Å². The Kier molecular flexibility index (Phi) is 7.90. The largest absolute Gasteiger partial charge is 0.466 e. The van der Waals surface area contributed by atoms with Crippen molar-refractivity contribution in [3.63, 3.8) is 0 Å². The third-order valence-electron chi connectivity index (χ3n) is 5.45. The number of amides is 1. The highest BCUT2D eigenvalue weighted by atomic mass is 16.5. The molecule has 1 aliphatic rings. The van der Waals surface area contributed by atoms with Crippen LogP contribution in [0.1, 0.15) is 43.5 Å². The summed E-state index contributed by atoms with van der Waals surface area (Å²) in [6.07, 6.45) is 5.51. The van der Waals surface area contributed by atoms with E-state index < -0.39 is 0 Å². The number of likely N-dealkylation sites (N-methyl/N-ethyl adjacent to an activating group) is 1. The van der Waals surface area contributed by atoms with Crippen LogP contribution < -0.4 is 0 Å². The quantitative estimate of drug-likeness (QED) is 0.592. The van der Waals surface area contributed by atoms with Gasteiger partial charge in [0.05, 0.1) is 18.6 Å². The molecule has 2 aromatic rings. The van der Waals surface area contributed by atoms with E-state index in [0.29, 0.717) is 37.1 Å². The van der Waals surface area contributed by atoms with E-state index in [-0.39, 0.29) is 18.3 Å². The van der Waals surface area contributed by atoms with Crippen LogP contribution in [0.5, 0.6) is 0 Å². The molecule has 0 N–H and O–H groups in total. The summed E-state index contributed by atoms with van der Waals surface area (Å²) in [5, 5.41) is 0. The van der Waals surface area contributed by atoms with Crippen molar-refractivity contribution in [2.75, 3.05) is 32.8 Å². The number of carbonyl (C=O) groups is 2. The molecular formula is C23H30N4O3. The summed E-state index contributed by atoms with van der Waals surface area (Å²) in [4.78, 5) is 38.0. The van der Waals surface area contributed by atoms with Gasteiger partial charge < -0.3 is 9.64 Å². The number of esters is 1. The molecule has 30 heavy (non-hydrogen) atoms. The highest BCUT2D eigenvalue weighted by molar-refractivity contribution is 5.94. The summed E-state index contributed by atoms with van der Waals surface area (Å²) < 4.78 is 5.04. The maximum absolute atomic E-state index is 13.2. The fraction of sp³-hybridized carbons (Fsp3) is 0.478. The fourth-order valence-corrected chi connectivity index (χ4v) is 3.87. The molecule has 0 aliphatic carbocycles. The Hall–Kier alpha value is -2.80. The lowest BCUT2D eigenvalue weighted by Crippen LogP contribution is -2.44. The van der Waals surface area contributed by atoms with E-state index in [1.54, 1.807) is 24.2 Å². The van der Waals surface area contributed by atoms with Crippen LogP contribution in [0.25, 0.3) is 11.4 Å². The van der Waals surface area contributed by atoms with Gasteiger partial charge in [0.2, 0.25) is 0 Å². The van der Waals surface area contributed by atoms with Crippen LogP contribution >= 0.6 is 0 Å². The Labute approximate surface area is 178 Å². The molecule has 1 atom stereocenters. The standard InChI is InChI=1S/C23H30N4O3/c1-3-26-13-8-11-20(26)17-27(14-12-21(28)30-4-2)23(29)19-15-24-22(25-16-19)18-9-6-5-7-10-18/h5-7,9-10,15-16,20H,3-4,8,11-14,17H2,1-2H3. The van der Waals surface area contributed by atoms with Crippen LogP contribution in [0.4, 0.5) is 0 Å². The third-order valence-corrected chi connectivity index (χ3v) is 5.45. The first-order chi connectivity index (χ1) is 14.6. The van der Waals surface area contributed by atoms with E-state index in [1.165, 1.54) is 0 Å². The summed E-state index contributed by atoms with van der Waals surface area (Å²) in [6.45, 7) is 7.19. The van der Waals surface area contributed by atoms with Gasteiger partial charge in [-0.25, -0.2) is 9.97 Å². The van der Waals surface area contributed by atoms with Gasteiger partial charge in [0.25, 0.3) is 5.91 Å². The van der Waals surface area contributed by atoms with Gasteiger partial charge in [0, 0.05) is 37.1 Å². The molecule has 1 saturated heterocycles. The number of rotatable bonds is 9. The first-order valence-corrected chi connectivity index (χ1v) is 10.7. The molecule has 0 bridgehead atoms. The molecule has 0 spiro atoms. The average Bonchev–Trinajstić information content (AvgIpc) is 3.24. The van der Waals surface area contributed by atoms with Crippen molar-refractivity contribution in [3.8, 4) is 11.4 Å². The van der Waals surface area contributed by atoms with Crippen molar-refractivity contribution < 1.29 is 14.3 Å². The maximum atomic E-state index is 13.2. The Bertz CT molecular complexity index is 826. The summed E-state index contributed by atoms with van der Waals surface area (Å²) in [6, 6.07) is 9.96. The molecule has 3 rings (SSSR count). The Balaban J connectivity index is 1.73. The first-order valence-electron chi connectivity index (χ1n) is 10.7. The molecule has 1 unspecified atom stereocenters. The van der Waals surface area contributed by atoms with Crippen LogP contribution in [-0.2, 0) is 9.53 Å². The lowest BCUT2D eigenvalue weighted by atomic mass is 10.1. The van der Waals surface area contributed by atoms with Crippen molar-refractivity contribution in [3.05, 3.63) is 48.3 Å². The molecule has 1 aliphatic heterocycles. The fourth-order valence-electron chi connectivity index (χ4n) is 3.87. The van der Waals surface area contributed by atoms with E-state index in [0.717, 1.165) is 31.5 Å². The second-order valence-electron chi connectivity index (χ2n) is 7.39. The summed E-state index contributed by atoms with van der Waals surface area (Å²) >= 11 is 0. The van der Waals surface area contributed by atoms with Crippen molar-refractivity contribution in [1.82, 2.24) is 19.8 Å². The number of benzene rings is 1. The van der Waals surface area contributed by atoms with Gasteiger partial charge in [-0.3, -0.25) is 14.5 Å². The summed E-state index contributed by atoms with van der Waals surface area (Å²) in [5.41, 5.74) is 1.33. The minimum Gasteiger partial charge on any atom is -0.466 e. The van der Waals surface area contributed by atoms with Gasteiger partial charge in [-0.15, -0.1) is 0 Å². The lowest BCUT2D eigenvalue weighted by Gasteiger charge is -2.30. The van der Waals surface area contributed by atoms with E-state index in [2.05, 4.69) is 21.8 Å². The van der Waals surface area contributed by atoms with Crippen molar-refractivity contribution >= 4 is 11.9 Å². The normalized spacial score (nSPS) is 16.4. The molecule has 0 saturated carbocycles. The molecule has 1 aromatic heterocycles. The number of nitrogens with zero attached hydrogens (tertiary/aromatic N) is 4. The Morgan fingerprint density at radius 1 is 1.17 bits per heavy atom. The van der Waals surface area contributed by atoms with Crippen LogP contribution in [-0.4, -0.2) is 70.5 Å². The second-order valence-corrected chi connectivity index (χ2v) is 7.39. The summed E-state index contributed by atoms with van der Waals surface area (Å²) in [7, 11) is 0. The van der Waals surface area contributed by atoms with E-state index in [1.807, 2.05) is 30.3 Å². The minimum atomic E-state index is -0.287. The van der Waals surface area contributed by atoms with Crippen LogP contribution in [0.15, 0.2) is 42.7 Å². The average molecular weight is 411 g/mol. The van der Waals surface area contributed by atoms with Gasteiger partial charge in [0.1, 0.15) is 0 Å². The zero-order valence-electron chi connectivity index (χ0n) is 17.8. The van der Waals surface area contributed by atoms with Crippen molar-refractivity contribution in [2.24, 2.45) is 0 Å². The molecule has 7 heteroatoms. The number of hydrogen-bond donors (Lipinski definition) is 0. The number of hydrogen-bond acceptors (Lipinski definition) is 6. The SMILES string of the molecule is CCOC(=O)CCN(CC1CCCN1CC)C(=O)c1cnc(-c2ccccc2)nc1. The van der Waals surface area contributed by atoms with Gasteiger partial charge >= 0.3 is 5.97 Å². The van der Waals surface area contributed by atoms with E-state index in [9.17, 15) is 9.59 Å². The predicted octanol–water partition coefficient (Wildman–Crippen LogP) is 3.02. The van der Waals surface area contributed by atoms with Gasteiger partial charge in [0.15, 0.2) is 5.82 Å². The number of ether oxygens (including phenoxy) is 1. The topological polar surface area (TPSA) is 75.6 Å². The second kappa shape index (κ2) is 10.8. The predicted molar refractivity (Wildman–Crippen MR) is 115 cm³/mol. The molecule has 1 aromatic carbocycles. The number of aromatic nitrogens is 2. The number of carbonyl (C=O) groups excluding carboxylic acids is 2. The third kappa shape index (κ3) is 5.63. The highest BCUT2D eigenvalue weighted by Gasteiger charge is 2.28. The minimum absolute atomic E-state index is 0.151. The zero-order chi connectivity index (χ0) is 21.3. The van der Waals surface area contributed by atoms with Crippen LogP contribution in [0, 0.1) is 0 Å². The van der Waals surface area contributed by atoms with E-state index in [4.69, 9.17) is 4.74 Å². The molecule has 2 heterocycles.